The molecule has 0 aromatic rings. The summed E-state index contributed by atoms with van der Waals surface area (Å²) in [5, 5.41) is 29.6. The van der Waals surface area contributed by atoms with E-state index in [0.717, 1.165) is 19.3 Å². The van der Waals surface area contributed by atoms with Gasteiger partial charge in [-0.25, -0.2) is 0 Å². The second-order valence-corrected chi connectivity index (χ2v) is 12.7. The molecule has 0 spiro atoms. The van der Waals surface area contributed by atoms with E-state index in [0.29, 0.717) is 13.0 Å². The van der Waals surface area contributed by atoms with Crippen LogP contribution in [0.25, 0.3) is 0 Å². The second-order valence-electron chi connectivity index (χ2n) is 12.7. The van der Waals surface area contributed by atoms with Crippen molar-refractivity contribution >= 4 is 5.97 Å². The predicted octanol–water partition coefficient (Wildman–Crippen LogP) is 10.7. The number of carboxylic acid groups (broad SMARTS) is 1. The summed E-state index contributed by atoms with van der Waals surface area (Å²) < 4.78 is 0. The Balaban J connectivity index is 0. The molecule has 0 aromatic heterocycles. The van der Waals surface area contributed by atoms with Crippen molar-refractivity contribution in [2.75, 3.05) is 19.8 Å². The fourth-order valence-corrected chi connectivity index (χ4v) is 5.58. The monoisotopic (exact) mass is 600 g/mol. The lowest BCUT2D eigenvalue weighted by Crippen LogP contribution is -2.34. The van der Waals surface area contributed by atoms with Crippen LogP contribution in [0.2, 0.25) is 0 Å². The molecule has 0 aliphatic carbocycles. The number of hydrogen-bond acceptors (Lipinski definition) is 4. The van der Waals surface area contributed by atoms with E-state index in [1.54, 1.807) is 0 Å². The summed E-state index contributed by atoms with van der Waals surface area (Å²) in [7, 11) is 0. The van der Waals surface area contributed by atoms with Crippen molar-refractivity contribution in [3.63, 3.8) is 0 Å². The second kappa shape index (κ2) is 40.4. The van der Waals surface area contributed by atoms with Gasteiger partial charge in [-0.15, -0.1) is 0 Å². The van der Waals surface area contributed by atoms with Gasteiger partial charge in [-0.3, -0.25) is 4.79 Å². The van der Waals surface area contributed by atoms with Crippen LogP contribution in [0.15, 0.2) is 0 Å². The zero-order valence-corrected chi connectivity index (χ0v) is 28.7. The van der Waals surface area contributed by atoms with Gasteiger partial charge in [0.1, 0.15) is 0 Å². The molecule has 0 rings (SSSR count). The van der Waals surface area contributed by atoms with Crippen LogP contribution in [0.3, 0.4) is 0 Å². The molecule has 0 fully saturated rings. The van der Waals surface area contributed by atoms with Crippen LogP contribution in [0.5, 0.6) is 0 Å². The number of aliphatic hydroxyl groups is 2. The van der Waals surface area contributed by atoms with Crippen molar-refractivity contribution in [1.82, 2.24) is 5.32 Å². The number of unbranched alkanes of at least 4 members (excludes halogenated alkanes) is 26. The number of hydrogen-bond donors (Lipinski definition) is 4. The Kier molecular flexibility index (Phi) is 41.8. The first kappa shape index (κ1) is 43.5. The highest BCUT2D eigenvalue weighted by Crippen LogP contribution is 2.15. The number of rotatable bonds is 34. The average molecular weight is 600 g/mol. The molecule has 0 amide bonds. The zero-order chi connectivity index (χ0) is 31.2. The maximum atomic E-state index is 10.3. The van der Waals surface area contributed by atoms with Gasteiger partial charge in [-0.1, -0.05) is 187 Å². The summed E-state index contributed by atoms with van der Waals surface area (Å²) in [6.07, 6.45) is 39.1. The van der Waals surface area contributed by atoms with Crippen molar-refractivity contribution in [1.29, 1.82) is 0 Å². The van der Waals surface area contributed by atoms with Crippen molar-refractivity contribution in [3.8, 4) is 0 Å². The van der Waals surface area contributed by atoms with Crippen LogP contribution in [0.4, 0.5) is 0 Å². The quantitative estimate of drug-likeness (QED) is 0.0552. The van der Waals surface area contributed by atoms with Crippen molar-refractivity contribution < 1.29 is 20.1 Å². The molecule has 0 saturated heterocycles. The van der Waals surface area contributed by atoms with Crippen LogP contribution in [-0.2, 0) is 4.79 Å². The Labute approximate surface area is 263 Å². The topological polar surface area (TPSA) is 89.8 Å². The molecule has 0 aromatic carbocycles. The van der Waals surface area contributed by atoms with Gasteiger partial charge in [-0.05, 0) is 12.8 Å². The smallest absolute Gasteiger partial charge is 0.303 e. The highest BCUT2D eigenvalue weighted by atomic mass is 16.4. The van der Waals surface area contributed by atoms with Gasteiger partial charge < -0.3 is 20.6 Å². The highest BCUT2D eigenvalue weighted by molar-refractivity contribution is 5.66. The number of nitrogens with one attached hydrogen (secondary N) is 1. The summed E-state index contributed by atoms with van der Waals surface area (Å²) in [5.41, 5.74) is 0. The van der Waals surface area contributed by atoms with Gasteiger partial charge in [0.25, 0.3) is 0 Å². The molecule has 0 bridgehead atoms. The SMILES string of the molecule is CCCCCCCCCCCCCCCC(CO)NCCO.CCCCCCCCCCCCCCCCCC(=O)O. The molecule has 254 valence electrons. The van der Waals surface area contributed by atoms with E-state index in [-0.39, 0.29) is 19.3 Å². The third kappa shape index (κ3) is 41.5. The summed E-state index contributed by atoms with van der Waals surface area (Å²) in [6.45, 7) is 5.46. The number of aliphatic carboxylic acids is 1. The van der Waals surface area contributed by atoms with Crippen LogP contribution in [-0.4, -0.2) is 47.1 Å². The minimum Gasteiger partial charge on any atom is -0.481 e. The molecule has 0 saturated carbocycles. The lowest BCUT2D eigenvalue weighted by atomic mass is 10.0. The maximum Gasteiger partial charge on any atom is 0.303 e. The Morgan fingerprint density at radius 2 is 0.810 bits per heavy atom. The minimum atomic E-state index is -0.653. The Morgan fingerprint density at radius 1 is 0.500 bits per heavy atom. The first-order valence-corrected chi connectivity index (χ1v) is 18.8. The Bertz CT molecular complexity index is 488. The third-order valence-corrected chi connectivity index (χ3v) is 8.42. The number of aliphatic hydroxyl groups excluding tert-OH is 2. The summed E-state index contributed by atoms with van der Waals surface area (Å²) in [4.78, 5) is 10.3. The average Bonchev–Trinajstić information content (AvgIpc) is 2.99. The van der Waals surface area contributed by atoms with Crippen molar-refractivity contribution in [2.45, 2.75) is 213 Å². The van der Waals surface area contributed by atoms with Gasteiger partial charge in [0.05, 0.1) is 13.2 Å². The molecule has 0 radical (unpaired) electrons. The molecule has 1 atom stereocenters. The first-order valence-electron chi connectivity index (χ1n) is 18.8. The minimum absolute atomic E-state index is 0.148. The molecular formula is C37H77NO4. The van der Waals surface area contributed by atoms with Crippen molar-refractivity contribution in [2.24, 2.45) is 0 Å². The standard InChI is InChI=1S/C19H41NO2.C18H36O2/c1-2-3-4-5-6-7-8-9-10-11-12-13-14-15-19(18-22)20-16-17-21;1-2-3-4-5-6-7-8-9-10-11-12-13-14-15-16-17-18(19)20/h19-22H,2-18H2,1H3;2-17H2,1H3,(H,19,20). The summed E-state index contributed by atoms with van der Waals surface area (Å²) in [5.74, 6) is -0.653. The molecule has 42 heavy (non-hydrogen) atoms. The van der Waals surface area contributed by atoms with Crippen LogP contribution in [0, 0.1) is 0 Å². The third-order valence-electron chi connectivity index (χ3n) is 8.42. The Hall–Kier alpha value is -0.650. The van der Waals surface area contributed by atoms with Crippen LogP contribution in [0.1, 0.15) is 206 Å². The fraction of sp³-hybridized carbons (Fsp3) is 0.973. The lowest BCUT2D eigenvalue weighted by Gasteiger charge is -2.15. The largest absolute Gasteiger partial charge is 0.481 e. The van der Waals surface area contributed by atoms with Gasteiger partial charge in [-0.2, -0.15) is 0 Å². The molecular weight excluding hydrogens is 522 g/mol. The van der Waals surface area contributed by atoms with E-state index in [4.69, 9.17) is 10.2 Å². The van der Waals surface area contributed by atoms with E-state index in [1.807, 2.05) is 0 Å². The normalized spacial score (nSPS) is 11.8. The van der Waals surface area contributed by atoms with Gasteiger partial charge in [0.2, 0.25) is 0 Å². The van der Waals surface area contributed by atoms with E-state index in [9.17, 15) is 9.90 Å². The molecule has 0 aliphatic rings. The molecule has 4 N–H and O–H groups in total. The molecule has 5 nitrogen and oxygen atoms in total. The maximum absolute atomic E-state index is 10.3. The van der Waals surface area contributed by atoms with Crippen LogP contribution < -0.4 is 5.32 Å². The summed E-state index contributed by atoms with van der Waals surface area (Å²) in [6, 6.07) is 0.167. The zero-order valence-electron chi connectivity index (χ0n) is 28.7. The van der Waals surface area contributed by atoms with E-state index in [1.165, 1.54) is 167 Å². The molecule has 0 heterocycles. The van der Waals surface area contributed by atoms with E-state index < -0.39 is 5.97 Å². The van der Waals surface area contributed by atoms with E-state index in [2.05, 4.69) is 19.2 Å². The highest BCUT2D eigenvalue weighted by Gasteiger charge is 2.05. The fourth-order valence-electron chi connectivity index (χ4n) is 5.58. The van der Waals surface area contributed by atoms with Gasteiger partial charge in [0, 0.05) is 19.0 Å². The number of carbonyl (C=O) groups is 1. The van der Waals surface area contributed by atoms with Gasteiger partial charge >= 0.3 is 5.97 Å². The van der Waals surface area contributed by atoms with Crippen LogP contribution >= 0.6 is 0 Å². The molecule has 5 heteroatoms. The molecule has 1 unspecified atom stereocenters. The first-order chi connectivity index (χ1) is 20.6. The lowest BCUT2D eigenvalue weighted by molar-refractivity contribution is -0.137. The summed E-state index contributed by atoms with van der Waals surface area (Å²) >= 11 is 0. The predicted molar refractivity (Wildman–Crippen MR) is 183 cm³/mol. The van der Waals surface area contributed by atoms with Gasteiger partial charge in [0.15, 0.2) is 0 Å². The van der Waals surface area contributed by atoms with Crippen molar-refractivity contribution in [3.05, 3.63) is 0 Å². The molecule has 0 aliphatic heterocycles. The number of carboxylic acids is 1. The van der Waals surface area contributed by atoms with E-state index >= 15 is 0 Å². The Morgan fingerprint density at radius 3 is 1.10 bits per heavy atom.